The molecule has 1 aromatic rings. The fraction of sp³-hybridized carbons (Fsp3) is 0.667. The Balaban J connectivity index is 2.03. The first-order valence-corrected chi connectivity index (χ1v) is 6.55. The Labute approximate surface area is 112 Å². The first kappa shape index (κ1) is 13.5. The van der Waals surface area contributed by atoms with Gasteiger partial charge in [-0.05, 0) is 19.8 Å². The minimum atomic E-state index is 0.0644. The summed E-state index contributed by atoms with van der Waals surface area (Å²) in [6.07, 6.45) is 2.23. The molecule has 18 heavy (non-hydrogen) atoms. The van der Waals surface area contributed by atoms with Crippen molar-refractivity contribution in [2.75, 3.05) is 31.2 Å². The minimum Gasteiger partial charge on any atom is -0.394 e. The molecule has 0 radical (unpaired) electrons. The van der Waals surface area contributed by atoms with Crippen LogP contribution < -0.4 is 4.90 Å². The van der Waals surface area contributed by atoms with Crippen molar-refractivity contribution in [3.05, 3.63) is 17.0 Å². The number of piperidine rings is 1. The van der Waals surface area contributed by atoms with E-state index in [0.29, 0.717) is 17.6 Å². The van der Waals surface area contributed by atoms with Gasteiger partial charge in [0.15, 0.2) is 0 Å². The van der Waals surface area contributed by atoms with E-state index in [2.05, 4.69) is 14.9 Å². The number of rotatable bonds is 4. The number of hydrogen-bond acceptors (Lipinski definition) is 5. The van der Waals surface area contributed by atoms with Gasteiger partial charge in [-0.15, -0.1) is 0 Å². The third kappa shape index (κ3) is 3.54. The molecule has 5 nitrogen and oxygen atoms in total. The Kier molecular flexibility index (Phi) is 4.74. The molecule has 0 amide bonds. The summed E-state index contributed by atoms with van der Waals surface area (Å²) >= 11 is 5.95. The molecule has 0 bridgehead atoms. The van der Waals surface area contributed by atoms with Gasteiger partial charge in [0.1, 0.15) is 16.8 Å². The Bertz CT molecular complexity index is 383. The summed E-state index contributed by atoms with van der Waals surface area (Å²) in [6.45, 7) is 4.02. The van der Waals surface area contributed by atoms with Gasteiger partial charge in [0.2, 0.25) is 0 Å². The highest BCUT2D eigenvalue weighted by Gasteiger charge is 2.21. The standard InChI is InChI=1S/C12H18ClN3O2/c1-9-14-11(13)7-12(15-9)16-4-2-3-10(8-16)18-6-5-17/h7,10,17H,2-6,8H2,1H3. The number of anilines is 1. The zero-order chi connectivity index (χ0) is 13.0. The van der Waals surface area contributed by atoms with E-state index < -0.39 is 0 Å². The van der Waals surface area contributed by atoms with Gasteiger partial charge in [-0.25, -0.2) is 9.97 Å². The van der Waals surface area contributed by atoms with E-state index in [1.54, 1.807) is 6.07 Å². The lowest BCUT2D eigenvalue weighted by Crippen LogP contribution is -2.40. The zero-order valence-corrected chi connectivity index (χ0v) is 11.2. The van der Waals surface area contributed by atoms with Gasteiger partial charge in [-0.1, -0.05) is 11.6 Å². The summed E-state index contributed by atoms with van der Waals surface area (Å²) in [5, 5.41) is 9.24. The summed E-state index contributed by atoms with van der Waals surface area (Å²) in [7, 11) is 0. The quantitative estimate of drug-likeness (QED) is 0.840. The zero-order valence-electron chi connectivity index (χ0n) is 10.5. The lowest BCUT2D eigenvalue weighted by atomic mass is 10.1. The van der Waals surface area contributed by atoms with Crippen LogP contribution in [0.15, 0.2) is 6.07 Å². The van der Waals surface area contributed by atoms with Crippen molar-refractivity contribution in [1.29, 1.82) is 0 Å². The second-order valence-electron chi connectivity index (χ2n) is 4.40. The third-order valence-electron chi connectivity index (χ3n) is 2.94. The number of ether oxygens (including phenoxy) is 1. The maximum atomic E-state index is 8.78. The molecule has 1 atom stereocenters. The lowest BCUT2D eigenvalue weighted by Gasteiger charge is -2.33. The average Bonchev–Trinajstić information content (AvgIpc) is 2.35. The molecule has 0 saturated carbocycles. The van der Waals surface area contributed by atoms with E-state index in [0.717, 1.165) is 31.7 Å². The summed E-state index contributed by atoms with van der Waals surface area (Å²) < 4.78 is 5.58. The lowest BCUT2D eigenvalue weighted by molar-refractivity contribution is 0.0213. The van der Waals surface area contributed by atoms with Crippen LogP contribution in [0.5, 0.6) is 0 Å². The van der Waals surface area contributed by atoms with Crippen LogP contribution in [-0.4, -0.2) is 47.5 Å². The summed E-state index contributed by atoms with van der Waals surface area (Å²) in [5.41, 5.74) is 0. The summed E-state index contributed by atoms with van der Waals surface area (Å²) in [6, 6.07) is 1.78. The molecule has 0 aliphatic carbocycles. The average molecular weight is 272 g/mol. The first-order valence-electron chi connectivity index (χ1n) is 6.17. The third-order valence-corrected chi connectivity index (χ3v) is 3.13. The molecule has 6 heteroatoms. The summed E-state index contributed by atoms with van der Waals surface area (Å²) in [5.74, 6) is 1.53. The highest BCUT2D eigenvalue weighted by Crippen LogP contribution is 2.21. The van der Waals surface area contributed by atoms with E-state index in [1.807, 2.05) is 6.92 Å². The van der Waals surface area contributed by atoms with Crippen LogP contribution in [0.3, 0.4) is 0 Å². The van der Waals surface area contributed by atoms with Crippen LogP contribution >= 0.6 is 11.6 Å². The van der Waals surface area contributed by atoms with Gasteiger partial charge in [0.25, 0.3) is 0 Å². The minimum absolute atomic E-state index is 0.0644. The van der Waals surface area contributed by atoms with E-state index in [4.69, 9.17) is 21.4 Å². The maximum Gasteiger partial charge on any atom is 0.134 e. The highest BCUT2D eigenvalue weighted by molar-refractivity contribution is 6.29. The molecule has 2 rings (SSSR count). The molecule has 1 aliphatic heterocycles. The predicted octanol–water partition coefficient (Wildman–Crippen LogP) is 1.42. The van der Waals surface area contributed by atoms with Crippen LogP contribution in [0, 0.1) is 6.92 Å². The Hall–Kier alpha value is -0.910. The van der Waals surface area contributed by atoms with Crippen molar-refractivity contribution in [2.24, 2.45) is 0 Å². The molecule has 0 aromatic carbocycles. The van der Waals surface area contributed by atoms with E-state index in [9.17, 15) is 0 Å². The number of aliphatic hydroxyl groups is 1. The largest absolute Gasteiger partial charge is 0.394 e. The molecule has 1 N–H and O–H groups in total. The number of nitrogens with zero attached hydrogens (tertiary/aromatic N) is 3. The monoisotopic (exact) mass is 271 g/mol. The van der Waals surface area contributed by atoms with Gasteiger partial charge in [0.05, 0.1) is 19.3 Å². The fourth-order valence-electron chi connectivity index (χ4n) is 2.18. The second-order valence-corrected chi connectivity index (χ2v) is 4.79. The number of halogens is 1. The normalized spacial score (nSPS) is 20.2. The maximum absolute atomic E-state index is 8.78. The van der Waals surface area contributed by atoms with Gasteiger partial charge >= 0.3 is 0 Å². The van der Waals surface area contributed by atoms with Gasteiger partial charge in [0, 0.05) is 19.2 Å². The van der Waals surface area contributed by atoms with Crippen LogP contribution in [0.2, 0.25) is 5.15 Å². The van der Waals surface area contributed by atoms with Crippen LogP contribution in [0.1, 0.15) is 18.7 Å². The predicted molar refractivity (Wildman–Crippen MR) is 70.1 cm³/mol. The molecule has 1 aromatic heterocycles. The van der Waals surface area contributed by atoms with Crippen molar-refractivity contribution in [3.8, 4) is 0 Å². The SMILES string of the molecule is Cc1nc(Cl)cc(N2CCCC(OCCO)C2)n1. The van der Waals surface area contributed by atoms with Crippen molar-refractivity contribution in [3.63, 3.8) is 0 Å². The molecule has 100 valence electrons. The first-order chi connectivity index (χ1) is 8.69. The van der Waals surface area contributed by atoms with Crippen molar-refractivity contribution in [2.45, 2.75) is 25.9 Å². The van der Waals surface area contributed by atoms with Gasteiger partial charge < -0.3 is 14.7 Å². The molecule has 2 heterocycles. The Morgan fingerprint density at radius 1 is 1.56 bits per heavy atom. The number of aromatic nitrogens is 2. The van der Waals surface area contributed by atoms with E-state index >= 15 is 0 Å². The molecule has 1 fully saturated rings. The van der Waals surface area contributed by atoms with E-state index in [-0.39, 0.29) is 12.7 Å². The molecule has 0 spiro atoms. The van der Waals surface area contributed by atoms with Crippen molar-refractivity contribution >= 4 is 17.4 Å². The Morgan fingerprint density at radius 2 is 2.39 bits per heavy atom. The second kappa shape index (κ2) is 6.31. The number of aryl methyl sites for hydroxylation is 1. The van der Waals surface area contributed by atoms with E-state index in [1.165, 1.54) is 0 Å². The number of aliphatic hydroxyl groups excluding tert-OH is 1. The van der Waals surface area contributed by atoms with Crippen LogP contribution in [0.25, 0.3) is 0 Å². The topological polar surface area (TPSA) is 58.5 Å². The van der Waals surface area contributed by atoms with Gasteiger partial charge in [-0.3, -0.25) is 0 Å². The fourth-order valence-corrected chi connectivity index (χ4v) is 2.40. The molecule has 1 saturated heterocycles. The van der Waals surface area contributed by atoms with Gasteiger partial charge in [-0.2, -0.15) is 0 Å². The summed E-state index contributed by atoms with van der Waals surface area (Å²) in [4.78, 5) is 10.6. The molecular weight excluding hydrogens is 254 g/mol. The van der Waals surface area contributed by atoms with Crippen molar-refractivity contribution < 1.29 is 9.84 Å². The Morgan fingerprint density at radius 3 is 3.11 bits per heavy atom. The molecule has 1 unspecified atom stereocenters. The van der Waals surface area contributed by atoms with Crippen LogP contribution in [0.4, 0.5) is 5.82 Å². The van der Waals surface area contributed by atoms with Crippen LogP contribution in [-0.2, 0) is 4.74 Å². The number of hydrogen-bond donors (Lipinski definition) is 1. The van der Waals surface area contributed by atoms with Crippen molar-refractivity contribution in [1.82, 2.24) is 9.97 Å². The highest BCUT2D eigenvalue weighted by atomic mass is 35.5. The molecule has 1 aliphatic rings. The smallest absolute Gasteiger partial charge is 0.134 e. The molecular formula is C12H18ClN3O2.